The van der Waals surface area contributed by atoms with Crippen molar-refractivity contribution in [1.82, 2.24) is 5.32 Å². The highest BCUT2D eigenvalue weighted by molar-refractivity contribution is 4.86. The Hall–Kier alpha value is -0.0400. The summed E-state index contributed by atoms with van der Waals surface area (Å²) < 4.78 is 0. The van der Waals surface area contributed by atoms with Crippen LogP contribution in [0.15, 0.2) is 0 Å². The lowest BCUT2D eigenvalue weighted by Gasteiger charge is -2.39. The first kappa shape index (κ1) is 12.0. The van der Waals surface area contributed by atoms with Crippen molar-refractivity contribution in [3.8, 4) is 0 Å². The van der Waals surface area contributed by atoms with E-state index in [1.807, 2.05) is 0 Å². The summed E-state index contributed by atoms with van der Waals surface area (Å²) in [6.45, 7) is 10.7. The first-order valence-electron chi connectivity index (χ1n) is 6.44. The molecular weight excluding hydrogens is 170 g/mol. The van der Waals surface area contributed by atoms with Crippen LogP contribution in [-0.2, 0) is 0 Å². The van der Waals surface area contributed by atoms with Gasteiger partial charge in [-0.2, -0.15) is 0 Å². The molecule has 0 radical (unpaired) electrons. The largest absolute Gasteiger partial charge is 0.313 e. The molecule has 0 saturated carbocycles. The molecule has 1 aliphatic rings. The molecule has 1 N–H and O–H groups in total. The Kier molecular flexibility index (Phi) is 4.94. The Morgan fingerprint density at radius 3 is 2.50 bits per heavy atom. The van der Waals surface area contributed by atoms with Crippen LogP contribution in [0.5, 0.6) is 0 Å². The highest BCUT2D eigenvalue weighted by Gasteiger charge is 2.30. The molecule has 1 heteroatoms. The van der Waals surface area contributed by atoms with Gasteiger partial charge in [-0.25, -0.2) is 0 Å². The van der Waals surface area contributed by atoms with Crippen molar-refractivity contribution in [3.63, 3.8) is 0 Å². The fourth-order valence-corrected chi connectivity index (χ4v) is 3.08. The Morgan fingerprint density at radius 1 is 1.29 bits per heavy atom. The van der Waals surface area contributed by atoms with Crippen molar-refractivity contribution in [3.05, 3.63) is 0 Å². The van der Waals surface area contributed by atoms with Crippen molar-refractivity contribution < 1.29 is 0 Å². The van der Waals surface area contributed by atoms with E-state index in [1.165, 1.54) is 32.2 Å². The summed E-state index contributed by atoms with van der Waals surface area (Å²) in [7, 11) is 0. The maximum absolute atomic E-state index is 3.75. The fraction of sp³-hybridized carbons (Fsp3) is 1.00. The van der Waals surface area contributed by atoms with Crippen molar-refractivity contribution in [2.75, 3.05) is 6.54 Å². The molecule has 1 saturated heterocycles. The third-order valence-electron chi connectivity index (χ3n) is 3.95. The molecule has 0 bridgehead atoms. The fourth-order valence-electron chi connectivity index (χ4n) is 3.08. The second-order valence-electron chi connectivity index (χ2n) is 5.11. The standard InChI is InChI=1S/C13H27N/c1-5-11-8-7-9-14-13(11)12(6-2)10(3)4/h10-14H,5-9H2,1-4H3. The van der Waals surface area contributed by atoms with Crippen LogP contribution in [-0.4, -0.2) is 12.6 Å². The average molecular weight is 197 g/mol. The predicted molar refractivity (Wildman–Crippen MR) is 63.4 cm³/mol. The molecule has 3 atom stereocenters. The molecule has 14 heavy (non-hydrogen) atoms. The number of nitrogens with one attached hydrogen (secondary N) is 1. The van der Waals surface area contributed by atoms with E-state index >= 15 is 0 Å². The first-order chi connectivity index (χ1) is 6.70. The quantitative estimate of drug-likeness (QED) is 0.728. The van der Waals surface area contributed by atoms with Crippen LogP contribution >= 0.6 is 0 Å². The predicted octanol–water partition coefficient (Wildman–Crippen LogP) is 3.45. The first-order valence-corrected chi connectivity index (χ1v) is 6.44. The van der Waals surface area contributed by atoms with E-state index in [0.29, 0.717) is 0 Å². The zero-order valence-corrected chi connectivity index (χ0v) is 10.3. The second kappa shape index (κ2) is 5.75. The molecule has 0 aliphatic carbocycles. The normalized spacial score (nSPS) is 30.6. The van der Waals surface area contributed by atoms with Gasteiger partial charge in [0.05, 0.1) is 0 Å². The number of hydrogen-bond acceptors (Lipinski definition) is 1. The van der Waals surface area contributed by atoms with E-state index in [4.69, 9.17) is 0 Å². The van der Waals surface area contributed by atoms with Crippen molar-refractivity contribution in [1.29, 1.82) is 0 Å². The topological polar surface area (TPSA) is 12.0 Å². The summed E-state index contributed by atoms with van der Waals surface area (Å²) in [4.78, 5) is 0. The van der Waals surface area contributed by atoms with Gasteiger partial charge in [0.1, 0.15) is 0 Å². The van der Waals surface area contributed by atoms with Crippen molar-refractivity contribution in [2.45, 2.75) is 59.4 Å². The van der Waals surface area contributed by atoms with Crippen LogP contribution < -0.4 is 5.32 Å². The summed E-state index contributed by atoms with van der Waals surface area (Å²) in [5, 5.41) is 3.75. The molecule has 1 fully saturated rings. The summed E-state index contributed by atoms with van der Waals surface area (Å²) in [6.07, 6.45) is 5.49. The van der Waals surface area contributed by atoms with E-state index in [1.54, 1.807) is 0 Å². The third-order valence-corrected chi connectivity index (χ3v) is 3.95. The summed E-state index contributed by atoms with van der Waals surface area (Å²) in [6, 6.07) is 0.791. The van der Waals surface area contributed by atoms with Gasteiger partial charge in [0.2, 0.25) is 0 Å². The van der Waals surface area contributed by atoms with Gasteiger partial charge in [-0.3, -0.25) is 0 Å². The molecule has 1 aliphatic heterocycles. The molecule has 1 heterocycles. The minimum atomic E-state index is 0.791. The molecule has 0 spiro atoms. The van der Waals surface area contributed by atoms with Gasteiger partial charge in [-0.05, 0) is 37.1 Å². The summed E-state index contributed by atoms with van der Waals surface area (Å²) in [5.74, 6) is 2.63. The van der Waals surface area contributed by atoms with Gasteiger partial charge in [0.25, 0.3) is 0 Å². The highest BCUT2D eigenvalue weighted by Crippen LogP contribution is 2.30. The van der Waals surface area contributed by atoms with E-state index in [9.17, 15) is 0 Å². The highest BCUT2D eigenvalue weighted by atomic mass is 14.9. The van der Waals surface area contributed by atoms with Gasteiger partial charge < -0.3 is 5.32 Å². The lowest BCUT2D eigenvalue weighted by Crippen LogP contribution is -2.47. The molecule has 0 amide bonds. The average Bonchev–Trinajstić information content (AvgIpc) is 2.19. The Morgan fingerprint density at radius 2 is 2.00 bits per heavy atom. The molecule has 1 nitrogen and oxygen atoms in total. The van der Waals surface area contributed by atoms with Crippen molar-refractivity contribution >= 4 is 0 Å². The van der Waals surface area contributed by atoms with E-state index < -0.39 is 0 Å². The maximum Gasteiger partial charge on any atom is 0.0126 e. The van der Waals surface area contributed by atoms with Gasteiger partial charge in [-0.15, -0.1) is 0 Å². The summed E-state index contributed by atoms with van der Waals surface area (Å²) >= 11 is 0. The van der Waals surface area contributed by atoms with Crippen LogP contribution in [0.3, 0.4) is 0 Å². The Labute approximate surface area is 89.7 Å². The van der Waals surface area contributed by atoms with Gasteiger partial charge in [-0.1, -0.05) is 40.5 Å². The lowest BCUT2D eigenvalue weighted by atomic mass is 9.75. The molecular formula is C13H27N. The molecule has 84 valence electrons. The molecule has 0 aromatic rings. The molecule has 0 aromatic heterocycles. The maximum atomic E-state index is 3.75. The Balaban J connectivity index is 2.60. The Bertz CT molecular complexity index is 153. The molecule has 0 aromatic carbocycles. The molecule has 3 unspecified atom stereocenters. The minimum absolute atomic E-state index is 0.791. The monoisotopic (exact) mass is 197 g/mol. The number of hydrogen-bond donors (Lipinski definition) is 1. The zero-order chi connectivity index (χ0) is 10.6. The van der Waals surface area contributed by atoms with Crippen LogP contribution in [0.4, 0.5) is 0 Å². The van der Waals surface area contributed by atoms with Crippen LogP contribution in [0.2, 0.25) is 0 Å². The third kappa shape index (κ3) is 2.73. The summed E-state index contributed by atoms with van der Waals surface area (Å²) in [5.41, 5.74) is 0. The van der Waals surface area contributed by atoms with Crippen LogP contribution in [0, 0.1) is 17.8 Å². The SMILES string of the molecule is CCC1CCCNC1C(CC)C(C)C. The van der Waals surface area contributed by atoms with Crippen LogP contribution in [0.25, 0.3) is 0 Å². The molecule has 1 rings (SSSR count). The van der Waals surface area contributed by atoms with E-state index in [2.05, 4.69) is 33.0 Å². The number of piperidine rings is 1. The van der Waals surface area contributed by atoms with Crippen molar-refractivity contribution in [2.24, 2.45) is 17.8 Å². The second-order valence-corrected chi connectivity index (χ2v) is 5.11. The van der Waals surface area contributed by atoms with Gasteiger partial charge in [0.15, 0.2) is 0 Å². The van der Waals surface area contributed by atoms with Gasteiger partial charge >= 0.3 is 0 Å². The van der Waals surface area contributed by atoms with E-state index in [-0.39, 0.29) is 0 Å². The van der Waals surface area contributed by atoms with Gasteiger partial charge in [0, 0.05) is 6.04 Å². The van der Waals surface area contributed by atoms with Crippen LogP contribution in [0.1, 0.15) is 53.4 Å². The zero-order valence-electron chi connectivity index (χ0n) is 10.3. The van der Waals surface area contributed by atoms with E-state index in [0.717, 1.165) is 23.8 Å². The minimum Gasteiger partial charge on any atom is -0.313 e. The smallest absolute Gasteiger partial charge is 0.0126 e. The lowest BCUT2D eigenvalue weighted by molar-refractivity contribution is 0.162. The number of rotatable bonds is 4.